The van der Waals surface area contributed by atoms with E-state index in [-0.39, 0.29) is 24.2 Å². The number of aromatic nitrogens is 5. The highest BCUT2D eigenvalue weighted by atomic mass is 19.1. The molecule has 3 heterocycles. The molecule has 1 fully saturated rings. The smallest absolute Gasteiger partial charge is 0.227 e. The first-order valence-corrected chi connectivity index (χ1v) is 8.92. The minimum absolute atomic E-state index is 0.0104. The van der Waals surface area contributed by atoms with Crippen LogP contribution in [0.4, 0.5) is 4.39 Å². The van der Waals surface area contributed by atoms with Crippen molar-refractivity contribution in [2.24, 2.45) is 0 Å². The molecule has 0 radical (unpaired) electrons. The van der Waals surface area contributed by atoms with E-state index in [0.717, 1.165) is 18.4 Å². The Morgan fingerprint density at radius 2 is 2.00 bits per heavy atom. The zero-order chi connectivity index (χ0) is 18.6. The normalized spacial score (nSPS) is 16.6. The van der Waals surface area contributed by atoms with Crippen LogP contribution >= 0.6 is 0 Å². The number of likely N-dealkylation sites (tertiary alicyclic amines) is 1. The van der Waals surface area contributed by atoms with Crippen molar-refractivity contribution in [3.8, 4) is 11.4 Å². The number of amides is 1. The van der Waals surface area contributed by atoms with E-state index in [9.17, 15) is 9.18 Å². The van der Waals surface area contributed by atoms with Gasteiger partial charge in [0.05, 0.1) is 19.0 Å². The molecule has 2 aromatic heterocycles. The number of hydrogen-bond acceptors (Lipinski definition) is 5. The summed E-state index contributed by atoms with van der Waals surface area (Å²) in [5.41, 5.74) is 1.27. The van der Waals surface area contributed by atoms with Gasteiger partial charge in [0.25, 0.3) is 0 Å². The molecule has 0 saturated carbocycles. The molecule has 0 N–H and O–H groups in total. The van der Waals surface area contributed by atoms with Crippen LogP contribution in [0.5, 0.6) is 0 Å². The maximum absolute atomic E-state index is 13.8. The summed E-state index contributed by atoms with van der Waals surface area (Å²) < 4.78 is 13.8. The summed E-state index contributed by atoms with van der Waals surface area (Å²) in [6, 6.07) is 10.0. The standard InChI is InChI=1S/C19H19FN6O/c20-17-6-2-1-4-15(17)12-18(27)25-11-3-5-16(25)13-26-23-19(22-24-26)14-7-9-21-10-8-14/h1-2,4,6-10,16H,3,5,11-13H2/t16-/m0/s1. The van der Waals surface area contributed by atoms with Gasteiger partial charge < -0.3 is 4.90 Å². The minimum atomic E-state index is -0.346. The Hall–Kier alpha value is -3.16. The lowest BCUT2D eigenvalue weighted by molar-refractivity contribution is -0.131. The predicted octanol–water partition coefficient (Wildman–Crippen LogP) is 2.11. The lowest BCUT2D eigenvalue weighted by atomic mass is 10.1. The number of pyridine rings is 1. The van der Waals surface area contributed by atoms with E-state index in [0.29, 0.717) is 24.5 Å². The van der Waals surface area contributed by atoms with Gasteiger partial charge in [-0.15, -0.1) is 10.2 Å². The molecular weight excluding hydrogens is 347 g/mol. The van der Waals surface area contributed by atoms with Crippen molar-refractivity contribution in [3.05, 3.63) is 60.2 Å². The number of benzene rings is 1. The van der Waals surface area contributed by atoms with Crippen LogP contribution < -0.4 is 0 Å². The zero-order valence-corrected chi connectivity index (χ0v) is 14.7. The van der Waals surface area contributed by atoms with Crippen molar-refractivity contribution >= 4 is 5.91 Å². The SMILES string of the molecule is O=C(Cc1ccccc1F)N1CCC[C@H]1Cn1nnc(-c2ccncc2)n1. The van der Waals surface area contributed by atoms with Crippen molar-refractivity contribution in [1.82, 2.24) is 30.1 Å². The fourth-order valence-corrected chi connectivity index (χ4v) is 3.39. The Kier molecular flexibility index (Phi) is 4.86. The van der Waals surface area contributed by atoms with Gasteiger partial charge in [0, 0.05) is 24.5 Å². The molecule has 0 spiro atoms. The van der Waals surface area contributed by atoms with Gasteiger partial charge in [-0.2, -0.15) is 4.80 Å². The third kappa shape index (κ3) is 3.84. The Bertz CT molecular complexity index is 929. The Labute approximate surface area is 155 Å². The first-order chi connectivity index (χ1) is 13.2. The second-order valence-corrected chi connectivity index (χ2v) is 6.56. The molecule has 3 aromatic rings. The van der Waals surface area contributed by atoms with E-state index in [2.05, 4.69) is 20.4 Å². The number of rotatable bonds is 5. The molecule has 27 heavy (non-hydrogen) atoms. The van der Waals surface area contributed by atoms with E-state index >= 15 is 0 Å². The van der Waals surface area contributed by atoms with Gasteiger partial charge in [0.1, 0.15) is 5.82 Å². The molecule has 1 amide bonds. The molecule has 1 aliphatic heterocycles. The average molecular weight is 366 g/mol. The topological polar surface area (TPSA) is 76.8 Å². The maximum Gasteiger partial charge on any atom is 0.227 e. The largest absolute Gasteiger partial charge is 0.337 e. The quantitative estimate of drug-likeness (QED) is 0.691. The van der Waals surface area contributed by atoms with Crippen molar-refractivity contribution in [2.45, 2.75) is 31.8 Å². The van der Waals surface area contributed by atoms with Crippen LogP contribution in [0.25, 0.3) is 11.4 Å². The fraction of sp³-hybridized carbons (Fsp3) is 0.316. The Morgan fingerprint density at radius 1 is 1.19 bits per heavy atom. The highest BCUT2D eigenvalue weighted by molar-refractivity contribution is 5.79. The van der Waals surface area contributed by atoms with Gasteiger partial charge in [-0.1, -0.05) is 18.2 Å². The zero-order valence-electron chi connectivity index (χ0n) is 14.7. The molecule has 138 valence electrons. The third-order valence-electron chi connectivity index (χ3n) is 4.76. The molecular formula is C19H19FN6O. The summed E-state index contributed by atoms with van der Waals surface area (Å²) in [6.07, 6.45) is 5.21. The van der Waals surface area contributed by atoms with Crippen LogP contribution in [0.1, 0.15) is 18.4 Å². The highest BCUT2D eigenvalue weighted by Gasteiger charge is 2.30. The summed E-state index contributed by atoms with van der Waals surface area (Å²) in [6.45, 7) is 1.14. The van der Waals surface area contributed by atoms with Crippen LogP contribution in [0.2, 0.25) is 0 Å². The van der Waals surface area contributed by atoms with E-state index in [1.165, 1.54) is 10.9 Å². The Balaban J connectivity index is 1.44. The number of tetrazole rings is 1. The molecule has 1 aromatic carbocycles. The number of carbonyl (C=O) groups is 1. The average Bonchev–Trinajstić information content (AvgIpc) is 3.34. The van der Waals surface area contributed by atoms with Crippen LogP contribution in [0.3, 0.4) is 0 Å². The lowest BCUT2D eigenvalue weighted by Gasteiger charge is -2.24. The second kappa shape index (κ2) is 7.61. The first-order valence-electron chi connectivity index (χ1n) is 8.92. The van der Waals surface area contributed by atoms with Gasteiger partial charge in [-0.25, -0.2) is 4.39 Å². The van der Waals surface area contributed by atoms with Gasteiger partial charge >= 0.3 is 0 Å². The third-order valence-corrected chi connectivity index (χ3v) is 4.76. The summed E-state index contributed by atoms with van der Waals surface area (Å²) in [4.78, 5) is 20.0. The molecule has 1 saturated heterocycles. The predicted molar refractivity (Wildman–Crippen MR) is 95.9 cm³/mol. The van der Waals surface area contributed by atoms with Gasteiger partial charge in [0.2, 0.25) is 11.7 Å². The van der Waals surface area contributed by atoms with Gasteiger partial charge in [0.15, 0.2) is 0 Å². The number of halogens is 1. The summed E-state index contributed by atoms with van der Waals surface area (Å²) in [7, 11) is 0. The summed E-state index contributed by atoms with van der Waals surface area (Å²) in [5.74, 6) is 0.109. The molecule has 1 aliphatic rings. The van der Waals surface area contributed by atoms with Crippen LogP contribution in [-0.2, 0) is 17.8 Å². The monoisotopic (exact) mass is 366 g/mol. The van der Waals surface area contributed by atoms with Gasteiger partial charge in [-0.3, -0.25) is 9.78 Å². The molecule has 0 unspecified atom stereocenters. The Morgan fingerprint density at radius 3 is 2.81 bits per heavy atom. The summed E-state index contributed by atoms with van der Waals surface area (Å²) in [5, 5.41) is 12.6. The number of hydrogen-bond donors (Lipinski definition) is 0. The maximum atomic E-state index is 13.8. The van der Waals surface area contributed by atoms with Crippen LogP contribution in [-0.4, -0.2) is 48.6 Å². The van der Waals surface area contributed by atoms with E-state index in [1.54, 1.807) is 30.6 Å². The summed E-state index contributed by atoms with van der Waals surface area (Å²) >= 11 is 0. The number of nitrogens with zero attached hydrogens (tertiary/aromatic N) is 6. The van der Waals surface area contributed by atoms with Crippen molar-refractivity contribution in [1.29, 1.82) is 0 Å². The van der Waals surface area contributed by atoms with Crippen molar-refractivity contribution in [2.75, 3.05) is 6.54 Å². The number of carbonyl (C=O) groups excluding carboxylic acids is 1. The molecule has 0 bridgehead atoms. The van der Waals surface area contributed by atoms with E-state index < -0.39 is 0 Å². The molecule has 8 heteroatoms. The molecule has 0 aliphatic carbocycles. The van der Waals surface area contributed by atoms with Crippen LogP contribution in [0, 0.1) is 5.82 Å². The minimum Gasteiger partial charge on any atom is -0.337 e. The molecule has 7 nitrogen and oxygen atoms in total. The van der Waals surface area contributed by atoms with Crippen LogP contribution in [0.15, 0.2) is 48.8 Å². The fourth-order valence-electron chi connectivity index (χ4n) is 3.39. The molecule has 1 atom stereocenters. The van der Waals surface area contributed by atoms with Crippen molar-refractivity contribution < 1.29 is 9.18 Å². The van der Waals surface area contributed by atoms with Crippen molar-refractivity contribution in [3.63, 3.8) is 0 Å². The van der Waals surface area contributed by atoms with E-state index in [1.807, 2.05) is 17.0 Å². The highest BCUT2D eigenvalue weighted by Crippen LogP contribution is 2.21. The first kappa shape index (κ1) is 17.3. The van der Waals surface area contributed by atoms with E-state index in [4.69, 9.17) is 0 Å². The lowest BCUT2D eigenvalue weighted by Crippen LogP contribution is -2.39. The molecule has 4 rings (SSSR count). The second-order valence-electron chi connectivity index (χ2n) is 6.56. The van der Waals surface area contributed by atoms with Gasteiger partial charge in [-0.05, 0) is 41.8 Å².